The molecular formula is C11H19N3O2S. The number of rotatable bonds is 4. The number of nitrogens with zero attached hydrogens (tertiary/aromatic N) is 2. The van der Waals surface area contributed by atoms with Gasteiger partial charge in [-0.05, 0) is 18.8 Å². The van der Waals surface area contributed by atoms with E-state index in [1.54, 1.807) is 6.20 Å². The van der Waals surface area contributed by atoms with E-state index >= 15 is 0 Å². The SMILES string of the molecule is Cn1ccnc1CC(N)CC1CCS(=O)(=O)C1. The van der Waals surface area contributed by atoms with Crippen LogP contribution in [0.1, 0.15) is 18.7 Å². The summed E-state index contributed by atoms with van der Waals surface area (Å²) in [6, 6.07) is -0.00519. The zero-order valence-corrected chi connectivity index (χ0v) is 10.9. The topological polar surface area (TPSA) is 78.0 Å². The molecule has 96 valence electrons. The fraction of sp³-hybridized carbons (Fsp3) is 0.727. The van der Waals surface area contributed by atoms with Crippen molar-refractivity contribution in [1.29, 1.82) is 0 Å². The largest absolute Gasteiger partial charge is 0.338 e. The number of aryl methyl sites for hydroxylation is 1. The third kappa shape index (κ3) is 3.29. The molecule has 2 rings (SSSR count). The van der Waals surface area contributed by atoms with Crippen LogP contribution in [0.5, 0.6) is 0 Å². The Bertz CT molecular complexity index is 481. The first-order valence-electron chi connectivity index (χ1n) is 5.88. The monoisotopic (exact) mass is 257 g/mol. The van der Waals surface area contributed by atoms with E-state index in [0.29, 0.717) is 17.9 Å². The summed E-state index contributed by atoms with van der Waals surface area (Å²) in [7, 11) is -0.848. The third-order valence-electron chi connectivity index (χ3n) is 3.33. The number of aromatic nitrogens is 2. The summed E-state index contributed by atoms with van der Waals surface area (Å²) in [6.45, 7) is 0. The van der Waals surface area contributed by atoms with Crippen molar-refractivity contribution in [2.75, 3.05) is 11.5 Å². The maximum Gasteiger partial charge on any atom is 0.150 e. The second kappa shape index (κ2) is 4.78. The van der Waals surface area contributed by atoms with Crippen molar-refractivity contribution in [2.45, 2.75) is 25.3 Å². The molecule has 0 saturated carbocycles. The number of hydrogen-bond acceptors (Lipinski definition) is 4. The Kier molecular flexibility index (Phi) is 3.53. The van der Waals surface area contributed by atoms with Gasteiger partial charge in [-0.2, -0.15) is 0 Å². The van der Waals surface area contributed by atoms with Crippen molar-refractivity contribution in [3.05, 3.63) is 18.2 Å². The molecule has 1 aliphatic heterocycles. The molecule has 0 aliphatic carbocycles. The highest BCUT2D eigenvalue weighted by Gasteiger charge is 2.29. The molecule has 1 saturated heterocycles. The van der Waals surface area contributed by atoms with Crippen LogP contribution in [0.3, 0.4) is 0 Å². The van der Waals surface area contributed by atoms with Gasteiger partial charge in [0.1, 0.15) is 5.82 Å². The van der Waals surface area contributed by atoms with Gasteiger partial charge < -0.3 is 10.3 Å². The van der Waals surface area contributed by atoms with E-state index in [-0.39, 0.29) is 12.0 Å². The van der Waals surface area contributed by atoms with E-state index < -0.39 is 9.84 Å². The number of sulfone groups is 1. The first-order chi connectivity index (χ1) is 7.96. The zero-order chi connectivity index (χ0) is 12.5. The number of nitrogens with two attached hydrogens (primary N) is 1. The van der Waals surface area contributed by atoms with Gasteiger partial charge in [0.25, 0.3) is 0 Å². The van der Waals surface area contributed by atoms with Gasteiger partial charge in [0.05, 0.1) is 11.5 Å². The molecule has 5 nitrogen and oxygen atoms in total. The zero-order valence-electron chi connectivity index (χ0n) is 10.0. The molecule has 1 aliphatic rings. The quantitative estimate of drug-likeness (QED) is 0.830. The molecule has 6 heteroatoms. The molecule has 2 heterocycles. The van der Waals surface area contributed by atoms with Crippen molar-refractivity contribution >= 4 is 9.84 Å². The summed E-state index contributed by atoms with van der Waals surface area (Å²) in [6.07, 6.45) is 5.88. The third-order valence-corrected chi connectivity index (χ3v) is 5.17. The smallest absolute Gasteiger partial charge is 0.150 e. The summed E-state index contributed by atoms with van der Waals surface area (Å²) in [5, 5.41) is 0. The highest BCUT2D eigenvalue weighted by Crippen LogP contribution is 2.23. The Labute approximate surface area is 102 Å². The second-order valence-electron chi connectivity index (χ2n) is 4.92. The summed E-state index contributed by atoms with van der Waals surface area (Å²) in [5.74, 6) is 1.82. The van der Waals surface area contributed by atoms with E-state index in [1.165, 1.54) is 0 Å². The lowest BCUT2D eigenvalue weighted by Crippen LogP contribution is -2.27. The molecule has 1 aromatic rings. The van der Waals surface area contributed by atoms with E-state index in [9.17, 15) is 8.42 Å². The minimum atomic E-state index is -2.79. The van der Waals surface area contributed by atoms with Crippen LogP contribution in [0.15, 0.2) is 12.4 Å². The van der Waals surface area contributed by atoms with Gasteiger partial charge in [-0.1, -0.05) is 0 Å². The van der Waals surface area contributed by atoms with Crippen molar-refractivity contribution in [3.8, 4) is 0 Å². The maximum absolute atomic E-state index is 11.3. The molecule has 17 heavy (non-hydrogen) atoms. The average Bonchev–Trinajstić information content (AvgIpc) is 2.74. The number of imidazole rings is 1. The van der Waals surface area contributed by atoms with E-state index in [2.05, 4.69) is 4.98 Å². The molecule has 0 radical (unpaired) electrons. The molecule has 2 unspecified atom stereocenters. The van der Waals surface area contributed by atoms with Crippen LogP contribution < -0.4 is 5.73 Å². The minimum Gasteiger partial charge on any atom is -0.338 e. The molecule has 0 amide bonds. The molecule has 2 atom stereocenters. The van der Waals surface area contributed by atoms with E-state index in [4.69, 9.17) is 5.73 Å². The Hall–Kier alpha value is -0.880. The maximum atomic E-state index is 11.3. The van der Waals surface area contributed by atoms with Crippen molar-refractivity contribution in [2.24, 2.45) is 18.7 Å². The van der Waals surface area contributed by atoms with Crippen LogP contribution in [0, 0.1) is 5.92 Å². The van der Waals surface area contributed by atoms with Crippen molar-refractivity contribution < 1.29 is 8.42 Å². The predicted molar refractivity (Wildman–Crippen MR) is 66.3 cm³/mol. The predicted octanol–water partition coefficient (Wildman–Crippen LogP) is 0.115. The lowest BCUT2D eigenvalue weighted by molar-refractivity contribution is 0.460. The molecule has 0 spiro atoms. The normalized spacial score (nSPS) is 24.9. The lowest BCUT2D eigenvalue weighted by atomic mass is 9.98. The van der Waals surface area contributed by atoms with E-state index in [1.807, 2.05) is 17.8 Å². The molecule has 1 fully saturated rings. The van der Waals surface area contributed by atoms with Crippen LogP contribution >= 0.6 is 0 Å². The highest BCUT2D eigenvalue weighted by molar-refractivity contribution is 7.91. The summed E-state index contributed by atoms with van der Waals surface area (Å²) < 4.78 is 24.6. The van der Waals surface area contributed by atoms with Gasteiger partial charge in [0, 0.05) is 31.9 Å². The van der Waals surface area contributed by atoms with Gasteiger partial charge in [0.15, 0.2) is 9.84 Å². The molecule has 0 bridgehead atoms. The Morgan fingerprint density at radius 3 is 2.94 bits per heavy atom. The molecule has 0 aromatic carbocycles. The first kappa shape index (κ1) is 12.6. The lowest BCUT2D eigenvalue weighted by Gasteiger charge is -2.15. The van der Waals surface area contributed by atoms with Gasteiger partial charge >= 0.3 is 0 Å². The van der Waals surface area contributed by atoms with Crippen LogP contribution in [0.4, 0.5) is 0 Å². The summed E-state index contributed by atoms with van der Waals surface area (Å²) >= 11 is 0. The fourth-order valence-corrected chi connectivity index (χ4v) is 4.28. The molecular weight excluding hydrogens is 238 g/mol. The van der Waals surface area contributed by atoms with Gasteiger partial charge in [-0.25, -0.2) is 13.4 Å². The Balaban J connectivity index is 1.86. The van der Waals surface area contributed by atoms with Crippen molar-refractivity contribution in [3.63, 3.8) is 0 Å². The molecule has 2 N–H and O–H groups in total. The van der Waals surface area contributed by atoms with Gasteiger partial charge in [-0.3, -0.25) is 0 Å². The summed E-state index contributed by atoms with van der Waals surface area (Å²) in [4.78, 5) is 4.22. The average molecular weight is 257 g/mol. The van der Waals surface area contributed by atoms with Crippen LogP contribution in [-0.4, -0.2) is 35.5 Å². The molecule has 1 aromatic heterocycles. The summed E-state index contributed by atoms with van der Waals surface area (Å²) in [5.41, 5.74) is 6.05. The van der Waals surface area contributed by atoms with Crippen LogP contribution in [-0.2, 0) is 23.3 Å². The number of hydrogen-bond donors (Lipinski definition) is 1. The first-order valence-corrected chi connectivity index (χ1v) is 7.70. The Morgan fingerprint density at radius 2 is 2.41 bits per heavy atom. The van der Waals surface area contributed by atoms with Gasteiger partial charge in [-0.15, -0.1) is 0 Å². The fourth-order valence-electron chi connectivity index (χ4n) is 2.40. The van der Waals surface area contributed by atoms with Gasteiger partial charge in [0.2, 0.25) is 0 Å². The standard InChI is InChI=1S/C11H19N3O2S/c1-14-4-3-13-11(14)7-10(12)6-9-2-5-17(15,16)8-9/h3-4,9-10H,2,5-8,12H2,1H3. The van der Waals surface area contributed by atoms with E-state index in [0.717, 1.165) is 18.7 Å². The van der Waals surface area contributed by atoms with Crippen LogP contribution in [0.25, 0.3) is 0 Å². The minimum absolute atomic E-state index is 0.00519. The van der Waals surface area contributed by atoms with Crippen LogP contribution in [0.2, 0.25) is 0 Å². The van der Waals surface area contributed by atoms with Crippen molar-refractivity contribution in [1.82, 2.24) is 9.55 Å². The Morgan fingerprint density at radius 1 is 1.65 bits per heavy atom. The highest BCUT2D eigenvalue weighted by atomic mass is 32.2. The second-order valence-corrected chi connectivity index (χ2v) is 7.15.